The summed E-state index contributed by atoms with van der Waals surface area (Å²) in [5.74, 6) is 0.493. The first-order valence-corrected chi connectivity index (χ1v) is 6.16. The number of esters is 1. The molecular weight excluding hydrogens is 242 g/mol. The fourth-order valence-electron chi connectivity index (χ4n) is 1.58. The normalized spacial score (nSPS) is 10.9. The summed E-state index contributed by atoms with van der Waals surface area (Å²) in [7, 11) is 1.38. The van der Waals surface area contributed by atoms with Gasteiger partial charge in [0.1, 0.15) is 17.9 Å². The molecule has 0 bridgehead atoms. The fourth-order valence-corrected chi connectivity index (χ4v) is 1.58. The van der Waals surface area contributed by atoms with Crippen LogP contribution in [0.2, 0.25) is 0 Å². The van der Waals surface area contributed by atoms with Crippen molar-refractivity contribution in [2.75, 3.05) is 13.7 Å². The van der Waals surface area contributed by atoms with Crippen molar-refractivity contribution in [2.24, 2.45) is 0 Å². The lowest BCUT2D eigenvalue weighted by Gasteiger charge is -2.23. The zero-order valence-electron chi connectivity index (χ0n) is 11.7. The van der Waals surface area contributed by atoms with Crippen LogP contribution in [0.5, 0.6) is 5.75 Å². The molecular formula is C15H21NO3. The van der Waals surface area contributed by atoms with E-state index in [4.69, 9.17) is 9.47 Å². The maximum atomic E-state index is 11.6. The Morgan fingerprint density at radius 3 is 2.74 bits per heavy atom. The van der Waals surface area contributed by atoms with E-state index in [9.17, 15) is 4.79 Å². The third kappa shape index (κ3) is 4.41. The molecule has 0 aliphatic heterocycles. The first kappa shape index (κ1) is 15.2. The number of carbonyl (C=O) groups is 1. The quantitative estimate of drug-likeness (QED) is 0.605. The fraction of sp³-hybridized carbons (Fsp3) is 0.400. The highest BCUT2D eigenvalue weighted by Crippen LogP contribution is 2.19. The van der Waals surface area contributed by atoms with Gasteiger partial charge in [0.2, 0.25) is 0 Å². The average Bonchev–Trinajstić information content (AvgIpc) is 2.42. The van der Waals surface area contributed by atoms with Crippen molar-refractivity contribution in [3.05, 3.63) is 42.5 Å². The van der Waals surface area contributed by atoms with E-state index in [-0.39, 0.29) is 5.97 Å². The van der Waals surface area contributed by atoms with Crippen LogP contribution < -0.4 is 10.1 Å². The first-order valence-electron chi connectivity index (χ1n) is 6.16. The van der Waals surface area contributed by atoms with Crippen LogP contribution in [0.1, 0.15) is 19.4 Å². The predicted octanol–water partition coefficient (Wildman–Crippen LogP) is 2.29. The number of hydrogen-bond acceptors (Lipinski definition) is 4. The SMILES string of the molecule is C=CCOc1ccccc1CNC(C)(C)C(=O)OC. The Morgan fingerprint density at radius 1 is 1.42 bits per heavy atom. The van der Waals surface area contributed by atoms with E-state index in [2.05, 4.69) is 11.9 Å². The number of methoxy groups -OCH3 is 1. The molecule has 0 aromatic heterocycles. The van der Waals surface area contributed by atoms with Gasteiger partial charge in [0, 0.05) is 12.1 Å². The Balaban J connectivity index is 2.71. The summed E-state index contributed by atoms with van der Waals surface area (Å²) in [6, 6.07) is 7.70. The van der Waals surface area contributed by atoms with Crippen molar-refractivity contribution < 1.29 is 14.3 Å². The van der Waals surface area contributed by atoms with Gasteiger partial charge in [-0.2, -0.15) is 0 Å². The van der Waals surface area contributed by atoms with Crippen molar-refractivity contribution in [1.82, 2.24) is 5.32 Å². The van der Waals surface area contributed by atoms with E-state index < -0.39 is 5.54 Å². The predicted molar refractivity (Wildman–Crippen MR) is 75.1 cm³/mol. The lowest BCUT2D eigenvalue weighted by Crippen LogP contribution is -2.47. The monoisotopic (exact) mass is 263 g/mol. The molecule has 4 heteroatoms. The second kappa shape index (κ2) is 6.95. The van der Waals surface area contributed by atoms with Crippen LogP contribution in [0.3, 0.4) is 0 Å². The summed E-state index contributed by atoms with van der Waals surface area (Å²) in [6.45, 7) is 8.17. The molecule has 19 heavy (non-hydrogen) atoms. The molecule has 0 spiro atoms. The first-order chi connectivity index (χ1) is 9.01. The van der Waals surface area contributed by atoms with E-state index in [1.165, 1.54) is 7.11 Å². The third-order valence-electron chi connectivity index (χ3n) is 2.75. The van der Waals surface area contributed by atoms with E-state index >= 15 is 0 Å². The van der Waals surface area contributed by atoms with Crippen molar-refractivity contribution in [3.63, 3.8) is 0 Å². The molecule has 1 aromatic rings. The van der Waals surface area contributed by atoms with Crippen LogP contribution in [-0.2, 0) is 16.1 Å². The minimum Gasteiger partial charge on any atom is -0.489 e. The molecule has 4 nitrogen and oxygen atoms in total. The second-order valence-electron chi connectivity index (χ2n) is 4.68. The van der Waals surface area contributed by atoms with Crippen LogP contribution in [0.15, 0.2) is 36.9 Å². The number of nitrogens with one attached hydrogen (secondary N) is 1. The van der Waals surface area contributed by atoms with Gasteiger partial charge in [0.25, 0.3) is 0 Å². The number of benzene rings is 1. The van der Waals surface area contributed by atoms with E-state index in [0.717, 1.165) is 11.3 Å². The summed E-state index contributed by atoms with van der Waals surface area (Å²) < 4.78 is 10.3. The number of para-hydroxylation sites is 1. The summed E-state index contributed by atoms with van der Waals surface area (Å²) in [5, 5.41) is 3.16. The molecule has 0 heterocycles. The van der Waals surface area contributed by atoms with Crippen LogP contribution in [0.25, 0.3) is 0 Å². The Kier molecular flexibility index (Phi) is 5.57. The van der Waals surface area contributed by atoms with Gasteiger partial charge in [-0.1, -0.05) is 30.9 Å². The van der Waals surface area contributed by atoms with Gasteiger partial charge in [0.15, 0.2) is 0 Å². The Hall–Kier alpha value is -1.81. The Bertz CT molecular complexity index is 441. The largest absolute Gasteiger partial charge is 0.489 e. The van der Waals surface area contributed by atoms with Gasteiger partial charge in [-0.3, -0.25) is 10.1 Å². The van der Waals surface area contributed by atoms with Gasteiger partial charge in [-0.15, -0.1) is 0 Å². The molecule has 0 saturated heterocycles. The minimum atomic E-state index is -0.736. The zero-order valence-corrected chi connectivity index (χ0v) is 11.7. The maximum absolute atomic E-state index is 11.6. The average molecular weight is 263 g/mol. The standard InChI is InChI=1S/C15H21NO3/c1-5-10-19-13-9-7-6-8-12(13)11-16-15(2,3)14(17)18-4/h5-9,16H,1,10-11H2,2-4H3. The lowest BCUT2D eigenvalue weighted by atomic mass is 10.1. The van der Waals surface area contributed by atoms with E-state index in [1.54, 1.807) is 19.9 Å². The topological polar surface area (TPSA) is 47.6 Å². The maximum Gasteiger partial charge on any atom is 0.325 e. The van der Waals surface area contributed by atoms with E-state index in [0.29, 0.717) is 13.2 Å². The highest BCUT2D eigenvalue weighted by molar-refractivity contribution is 5.79. The molecule has 0 saturated carbocycles. The summed E-state index contributed by atoms with van der Waals surface area (Å²) in [4.78, 5) is 11.6. The zero-order chi connectivity index (χ0) is 14.3. The molecule has 0 radical (unpaired) electrons. The third-order valence-corrected chi connectivity index (χ3v) is 2.75. The van der Waals surface area contributed by atoms with Crippen molar-refractivity contribution >= 4 is 5.97 Å². The van der Waals surface area contributed by atoms with Gasteiger partial charge < -0.3 is 9.47 Å². The van der Waals surface area contributed by atoms with Crippen LogP contribution in [-0.4, -0.2) is 25.2 Å². The molecule has 0 atom stereocenters. The second-order valence-corrected chi connectivity index (χ2v) is 4.68. The van der Waals surface area contributed by atoms with Crippen molar-refractivity contribution in [1.29, 1.82) is 0 Å². The highest BCUT2D eigenvalue weighted by Gasteiger charge is 2.27. The molecule has 1 N–H and O–H groups in total. The van der Waals surface area contributed by atoms with E-state index in [1.807, 2.05) is 24.3 Å². The Labute approximate surface area is 114 Å². The van der Waals surface area contributed by atoms with Crippen LogP contribution >= 0.6 is 0 Å². The Morgan fingerprint density at radius 2 is 2.11 bits per heavy atom. The number of rotatable bonds is 7. The molecule has 0 amide bonds. The van der Waals surface area contributed by atoms with Crippen LogP contribution in [0, 0.1) is 0 Å². The molecule has 0 aliphatic carbocycles. The smallest absolute Gasteiger partial charge is 0.325 e. The van der Waals surface area contributed by atoms with Gasteiger partial charge >= 0.3 is 5.97 Å². The van der Waals surface area contributed by atoms with Crippen molar-refractivity contribution in [2.45, 2.75) is 25.9 Å². The molecule has 104 valence electrons. The van der Waals surface area contributed by atoms with Gasteiger partial charge in [-0.05, 0) is 19.9 Å². The highest BCUT2D eigenvalue weighted by atomic mass is 16.5. The molecule has 0 unspecified atom stereocenters. The molecule has 0 aliphatic rings. The summed E-state index contributed by atoms with van der Waals surface area (Å²) >= 11 is 0. The molecule has 1 rings (SSSR count). The lowest BCUT2D eigenvalue weighted by molar-refractivity contribution is -0.147. The van der Waals surface area contributed by atoms with Crippen molar-refractivity contribution in [3.8, 4) is 5.75 Å². The van der Waals surface area contributed by atoms with Crippen LogP contribution in [0.4, 0.5) is 0 Å². The summed E-state index contributed by atoms with van der Waals surface area (Å²) in [6.07, 6.45) is 1.70. The summed E-state index contributed by atoms with van der Waals surface area (Å²) in [5.41, 5.74) is 0.252. The number of ether oxygens (including phenoxy) is 2. The number of carbonyl (C=O) groups excluding carboxylic acids is 1. The van der Waals surface area contributed by atoms with Gasteiger partial charge in [-0.25, -0.2) is 0 Å². The minimum absolute atomic E-state index is 0.294. The molecule has 0 fully saturated rings. The number of hydrogen-bond donors (Lipinski definition) is 1. The molecule has 1 aromatic carbocycles. The van der Waals surface area contributed by atoms with Gasteiger partial charge in [0.05, 0.1) is 7.11 Å².